The van der Waals surface area contributed by atoms with Crippen molar-refractivity contribution in [2.75, 3.05) is 4.90 Å². The van der Waals surface area contributed by atoms with Crippen LogP contribution in [0.2, 0.25) is 25.2 Å². The van der Waals surface area contributed by atoms with Gasteiger partial charge in [-0.25, -0.2) is 0 Å². The molecule has 174 valence electrons. The Kier molecular flexibility index (Phi) is 5.48. The summed E-state index contributed by atoms with van der Waals surface area (Å²) >= 11 is 0. The van der Waals surface area contributed by atoms with Gasteiger partial charge in [-0.2, -0.15) is 0 Å². The lowest BCUT2D eigenvalue weighted by molar-refractivity contribution is -0.126. The molecule has 5 rings (SSSR count). The highest BCUT2D eigenvalue weighted by Gasteiger charge is 2.71. The van der Waals surface area contributed by atoms with E-state index < -0.39 is 13.6 Å². The molecule has 3 aromatic carbocycles. The Hall–Kier alpha value is -3.18. The topological polar surface area (TPSA) is 49.4 Å². The lowest BCUT2D eigenvalue weighted by Gasteiger charge is -2.45. The first kappa shape index (κ1) is 22.6. The first-order chi connectivity index (χ1) is 16.2. The molecule has 1 heterocycles. The van der Waals surface area contributed by atoms with E-state index in [1.165, 1.54) is 0 Å². The van der Waals surface area contributed by atoms with Gasteiger partial charge in [-0.3, -0.25) is 9.59 Å². The molecule has 1 aliphatic carbocycles. The van der Waals surface area contributed by atoms with Crippen LogP contribution >= 0.6 is 0 Å². The summed E-state index contributed by atoms with van der Waals surface area (Å²) in [5.41, 5.74) is 1.98. The second-order valence-corrected chi connectivity index (χ2v) is 16.3. The molecule has 2 fully saturated rings. The molecule has 1 N–H and O–H groups in total. The van der Waals surface area contributed by atoms with Crippen molar-refractivity contribution in [2.45, 2.75) is 49.6 Å². The predicted molar refractivity (Wildman–Crippen MR) is 140 cm³/mol. The van der Waals surface area contributed by atoms with Crippen molar-refractivity contribution >= 4 is 25.6 Å². The summed E-state index contributed by atoms with van der Waals surface area (Å²) in [4.78, 5) is 29.8. The summed E-state index contributed by atoms with van der Waals surface area (Å²) < 4.78 is 0. The van der Waals surface area contributed by atoms with Gasteiger partial charge in [0.15, 0.2) is 0 Å². The molecule has 4 nitrogen and oxygen atoms in total. The zero-order valence-electron chi connectivity index (χ0n) is 20.2. The summed E-state index contributed by atoms with van der Waals surface area (Å²) in [5, 5.41) is 3.22. The third-order valence-corrected chi connectivity index (χ3v) is 10.3. The molecular formula is C29H32N2O2Si. The zero-order valence-corrected chi connectivity index (χ0v) is 21.2. The molecule has 2 amide bonds. The quantitative estimate of drug-likeness (QED) is 0.488. The highest BCUT2D eigenvalue weighted by molar-refractivity contribution is 6.78. The minimum atomic E-state index is -1.60. The molecule has 1 saturated heterocycles. The fourth-order valence-electron chi connectivity index (χ4n) is 6.17. The number of nitrogens with zero attached hydrogens (tertiary/aromatic N) is 1. The minimum absolute atomic E-state index is 0.0289. The van der Waals surface area contributed by atoms with E-state index in [2.05, 4.69) is 37.1 Å². The van der Waals surface area contributed by atoms with Crippen molar-refractivity contribution in [3.05, 3.63) is 102 Å². The molecule has 0 spiro atoms. The highest BCUT2D eigenvalue weighted by Crippen LogP contribution is 2.66. The van der Waals surface area contributed by atoms with Crippen LogP contribution < -0.4 is 10.2 Å². The van der Waals surface area contributed by atoms with Gasteiger partial charge in [0, 0.05) is 23.2 Å². The molecule has 34 heavy (non-hydrogen) atoms. The van der Waals surface area contributed by atoms with Crippen LogP contribution in [0.3, 0.4) is 0 Å². The summed E-state index contributed by atoms with van der Waals surface area (Å²) in [7, 11) is -1.60. The molecule has 0 aromatic heterocycles. The van der Waals surface area contributed by atoms with Gasteiger partial charge in [0.05, 0.1) is 8.07 Å². The Labute approximate surface area is 203 Å². The maximum absolute atomic E-state index is 14.4. The normalized spacial score (nSPS) is 28.2. The maximum Gasteiger partial charge on any atom is 0.253 e. The predicted octanol–water partition coefficient (Wildman–Crippen LogP) is 5.71. The van der Waals surface area contributed by atoms with Crippen LogP contribution in [-0.4, -0.2) is 31.5 Å². The number of benzene rings is 3. The van der Waals surface area contributed by atoms with Crippen LogP contribution in [0.25, 0.3) is 0 Å². The lowest BCUT2D eigenvalue weighted by Crippen LogP contribution is -2.65. The number of nitrogens with one attached hydrogen (secondary N) is 1. The van der Waals surface area contributed by atoms with E-state index in [0.717, 1.165) is 11.3 Å². The fraction of sp³-hybridized carbons (Fsp3) is 0.310. The molecule has 1 unspecified atom stereocenters. The van der Waals surface area contributed by atoms with Gasteiger partial charge < -0.3 is 10.2 Å². The van der Waals surface area contributed by atoms with E-state index in [1.54, 1.807) is 12.1 Å². The lowest BCUT2D eigenvalue weighted by atomic mass is 9.73. The molecule has 3 aromatic rings. The number of carbonyl (C=O) groups is 2. The third kappa shape index (κ3) is 3.68. The summed E-state index contributed by atoms with van der Waals surface area (Å²) in [5.74, 6) is -0.0310. The Morgan fingerprint density at radius 3 is 1.94 bits per heavy atom. The number of hydrogen-bond donors (Lipinski definition) is 1. The van der Waals surface area contributed by atoms with Crippen LogP contribution in [0.4, 0.5) is 5.69 Å². The van der Waals surface area contributed by atoms with E-state index in [4.69, 9.17) is 0 Å². The van der Waals surface area contributed by atoms with E-state index in [0.29, 0.717) is 17.0 Å². The second-order valence-electron chi connectivity index (χ2n) is 10.9. The standard InChI is InChI=1S/C29H32N2O2Si/c1-29(30-27(32)21-16-10-6-11-17-21)24(20-14-8-5-9-15-20)23-25(26(23)34(2,3)4)31(28(29)33)22-18-12-7-13-19-22/h5-19,23-26H,1-4H3,(H,30,32)/t23-,24+,25+,26?,29-/m1/s1. The van der Waals surface area contributed by atoms with Gasteiger partial charge in [-0.1, -0.05) is 86.4 Å². The van der Waals surface area contributed by atoms with E-state index in [1.807, 2.05) is 78.6 Å². The number of fused-ring (bicyclic) bond motifs is 1. The summed E-state index contributed by atoms with van der Waals surface area (Å²) in [6, 6.07) is 29.6. The van der Waals surface area contributed by atoms with E-state index in [-0.39, 0.29) is 23.8 Å². The number of carbonyl (C=O) groups excluding carboxylic acids is 2. The van der Waals surface area contributed by atoms with Gasteiger partial charge in [0.1, 0.15) is 5.54 Å². The largest absolute Gasteiger partial charge is 0.337 e. The maximum atomic E-state index is 14.4. The molecular weight excluding hydrogens is 436 g/mol. The Morgan fingerprint density at radius 2 is 1.38 bits per heavy atom. The summed E-state index contributed by atoms with van der Waals surface area (Å²) in [6.45, 7) is 9.11. The number of anilines is 1. The minimum Gasteiger partial charge on any atom is -0.337 e. The van der Waals surface area contributed by atoms with Crippen molar-refractivity contribution in [2.24, 2.45) is 5.92 Å². The van der Waals surface area contributed by atoms with Crippen LogP contribution in [-0.2, 0) is 4.79 Å². The number of hydrogen-bond acceptors (Lipinski definition) is 2. The Bertz CT molecular complexity index is 1190. The molecule has 1 saturated carbocycles. The Morgan fingerprint density at radius 1 is 0.853 bits per heavy atom. The van der Waals surface area contributed by atoms with Gasteiger partial charge in [-0.05, 0) is 48.2 Å². The van der Waals surface area contributed by atoms with Crippen molar-refractivity contribution < 1.29 is 9.59 Å². The van der Waals surface area contributed by atoms with Crippen LogP contribution in [0.15, 0.2) is 91.0 Å². The summed E-state index contributed by atoms with van der Waals surface area (Å²) in [6.07, 6.45) is 0. The average Bonchev–Trinajstić information content (AvgIpc) is 3.56. The molecule has 1 aliphatic heterocycles. The van der Waals surface area contributed by atoms with Gasteiger partial charge in [0.2, 0.25) is 0 Å². The second kappa shape index (κ2) is 8.24. The molecule has 2 aliphatic rings. The number of para-hydroxylation sites is 1. The zero-order chi connectivity index (χ0) is 24.1. The van der Waals surface area contributed by atoms with Crippen molar-refractivity contribution in [3.8, 4) is 0 Å². The van der Waals surface area contributed by atoms with E-state index >= 15 is 0 Å². The molecule has 5 atom stereocenters. The molecule has 0 radical (unpaired) electrons. The molecule has 5 heteroatoms. The number of amides is 2. The van der Waals surface area contributed by atoms with Gasteiger partial charge in [0.25, 0.3) is 11.8 Å². The molecule has 0 bridgehead atoms. The van der Waals surface area contributed by atoms with Crippen molar-refractivity contribution in [1.82, 2.24) is 5.32 Å². The first-order valence-electron chi connectivity index (χ1n) is 12.0. The van der Waals surface area contributed by atoms with Crippen LogP contribution in [0.5, 0.6) is 0 Å². The van der Waals surface area contributed by atoms with E-state index in [9.17, 15) is 9.59 Å². The Balaban J connectivity index is 1.65. The highest BCUT2D eigenvalue weighted by atomic mass is 28.3. The third-order valence-electron chi connectivity index (χ3n) is 7.61. The fourth-order valence-corrected chi connectivity index (χ4v) is 9.00. The SMILES string of the molecule is C[C@]1(NC(=O)c2ccccc2)C(=O)N(c2ccccc2)[C@@H]2C([Si](C)(C)C)[C@@H]2[C@@H]1c1ccccc1. The first-order valence-corrected chi connectivity index (χ1v) is 15.6. The average molecular weight is 469 g/mol. The monoisotopic (exact) mass is 468 g/mol. The van der Waals surface area contributed by atoms with Gasteiger partial charge in [-0.15, -0.1) is 0 Å². The van der Waals surface area contributed by atoms with Crippen molar-refractivity contribution in [1.29, 1.82) is 0 Å². The van der Waals surface area contributed by atoms with Crippen LogP contribution in [0.1, 0.15) is 28.8 Å². The van der Waals surface area contributed by atoms with Crippen molar-refractivity contribution in [3.63, 3.8) is 0 Å². The number of piperidine rings is 1. The van der Waals surface area contributed by atoms with Crippen LogP contribution in [0, 0.1) is 5.92 Å². The van der Waals surface area contributed by atoms with Gasteiger partial charge >= 0.3 is 0 Å². The number of rotatable bonds is 5. The smallest absolute Gasteiger partial charge is 0.253 e.